The molecule has 0 saturated heterocycles. The van der Waals surface area contributed by atoms with Gasteiger partial charge in [-0.25, -0.2) is 9.98 Å². The summed E-state index contributed by atoms with van der Waals surface area (Å²) in [5, 5.41) is 11.3. The van der Waals surface area contributed by atoms with Crippen molar-refractivity contribution in [1.29, 1.82) is 0 Å². The molecule has 0 aliphatic carbocycles. The molecule has 1 aliphatic heterocycles. The minimum absolute atomic E-state index is 0.0418. The van der Waals surface area contributed by atoms with Crippen LogP contribution in [0.25, 0.3) is 11.6 Å². The summed E-state index contributed by atoms with van der Waals surface area (Å²) in [5.41, 5.74) is 3.38. The van der Waals surface area contributed by atoms with Gasteiger partial charge in [0.1, 0.15) is 5.69 Å². The maximum Gasteiger partial charge on any atom is 0.237 e. The highest BCUT2D eigenvalue weighted by atomic mass is 35.5. The second kappa shape index (κ2) is 6.74. The summed E-state index contributed by atoms with van der Waals surface area (Å²) in [7, 11) is 0. The second-order valence-electron chi connectivity index (χ2n) is 5.44. The van der Waals surface area contributed by atoms with Crippen LogP contribution >= 0.6 is 23.4 Å². The fourth-order valence-electron chi connectivity index (χ4n) is 2.47. The first-order valence-electron chi connectivity index (χ1n) is 7.56. The molecule has 0 bridgehead atoms. The summed E-state index contributed by atoms with van der Waals surface area (Å²) < 4.78 is 0. The van der Waals surface area contributed by atoms with Crippen LogP contribution in [0.15, 0.2) is 52.7 Å². The quantitative estimate of drug-likeness (QED) is 0.654. The number of hydrogen-bond donors (Lipinski definition) is 2. The first-order valence-corrected chi connectivity index (χ1v) is 8.93. The summed E-state index contributed by atoms with van der Waals surface area (Å²) in [4.78, 5) is 15.7. The number of thioether (sulfide) groups is 1. The van der Waals surface area contributed by atoms with Crippen molar-refractivity contribution in [3.63, 3.8) is 0 Å². The van der Waals surface area contributed by atoms with E-state index in [-0.39, 0.29) is 5.88 Å². The molecule has 3 aromatic rings. The van der Waals surface area contributed by atoms with Crippen molar-refractivity contribution in [2.45, 2.75) is 10.9 Å². The topological polar surface area (TPSA) is 74.2 Å². The summed E-state index contributed by atoms with van der Waals surface area (Å²) in [5.74, 6) is 1.35. The highest BCUT2D eigenvalue weighted by Crippen LogP contribution is 2.34. The van der Waals surface area contributed by atoms with Gasteiger partial charge in [-0.15, -0.1) is 0 Å². The van der Waals surface area contributed by atoms with E-state index in [0.717, 1.165) is 16.9 Å². The Bertz CT molecular complexity index is 982. The van der Waals surface area contributed by atoms with Gasteiger partial charge < -0.3 is 10.1 Å². The van der Waals surface area contributed by atoms with E-state index in [1.807, 2.05) is 18.2 Å². The van der Waals surface area contributed by atoms with Crippen LogP contribution in [0, 0.1) is 0 Å². The van der Waals surface area contributed by atoms with Crippen molar-refractivity contribution in [3.8, 4) is 5.88 Å². The van der Waals surface area contributed by atoms with Gasteiger partial charge in [-0.3, -0.25) is 0 Å². The van der Waals surface area contributed by atoms with E-state index in [1.165, 1.54) is 17.3 Å². The highest BCUT2D eigenvalue weighted by molar-refractivity contribution is 7.98. The molecular weight excluding hydrogens is 356 g/mol. The van der Waals surface area contributed by atoms with E-state index in [1.54, 1.807) is 24.6 Å². The smallest absolute Gasteiger partial charge is 0.237 e. The molecule has 5 nitrogen and oxygen atoms in total. The van der Waals surface area contributed by atoms with Crippen molar-refractivity contribution < 1.29 is 5.11 Å². The normalized spacial score (nSPS) is 14.2. The first-order chi connectivity index (χ1) is 12.2. The summed E-state index contributed by atoms with van der Waals surface area (Å²) >= 11 is 7.54. The number of nitrogens with zero attached hydrogens (tertiary/aromatic N) is 3. The number of aromatic amines is 1. The van der Waals surface area contributed by atoms with Crippen molar-refractivity contribution in [1.82, 2.24) is 15.0 Å². The van der Waals surface area contributed by atoms with Gasteiger partial charge >= 0.3 is 0 Å². The third-order valence-electron chi connectivity index (χ3n) is 3.68. The number of halogens is 1. The molecule has 2 aromatic heterocycles. The zero-order valence-corrected chi connectivity index (χ0v) is 14.6. The van der Waals surface area contributed by atoms with Crippen molar-refractivity contribution in [2.75, 3.05) is 0 Å². The largest absolute Gasteiger partial charge is 0.492 e. The Kier molecular flexibility index (Phi) is 4.29. The van der Waals surface area contributed by atoms with Crippen LogP contribution < -0.4 is 0 Å². The molecule has 1 aromatic carbocycles. The second-order valence-corrected chi connectivity index (χ2v) is 6.84. The summed E-state index contributed by atoms with van der Waals surface area (Å²) in [6.45, 7) is 0. The van der Waals surface area contributed by atoms with Crippen molar-refractivity contribution >= 4 is 47.0 Å². The van der Waals surface area contributed by atoms with Gasteiger partial charge in [0.15, 0.2) is 11.0 Å². The molecule has 0 spiro atoms. The Morgan fingerprint density at radius 3 is 2.92 bits per heavy atom. The Labute approximate surface area is 153 Å². The molecule has 2 N–H and O–H groups in total. The fraction of sp³-hybridized carbons (Fsp3) is 0.0556. The summed E-state index contributed by atoms with van der Waals surface area (Å²) in [6, 6.07) is 11.9. The van der Waals surface area contributed by atoms with E-state index in [9.17, 15) is 5.11 Å². The Hall–Kier alpha value is -2.57. The van der Waals surface area contributed by atoms with Gasteiger partial charge in [0.05, 0.1) is 5.02 Å². The number of benzene rings is 1. The lowest BCUT2D eigenvalue weighted by Gasteiger charge is -1.99. The maximum atomic E-state index is 10.1. The third kappa shape index (κ3) is 3.45. The number of nitrogens with one attached hydrogen (secondary N) is 1. The van der Waals surface area contributed by atoms with Gasteiger partial charge in [0.25, 0.3) is 0 Å². The lowest BCUT2D eigenvalue weighted by molar-refractivity contribution is 0.453. The molecule has 0 fully saturated rings. The molecule has 124 valence electrons. The molecule has 3 heterocycles. The molecule has 4 rings (SSSR count). The van der Waals surface area contributed by atoms with Crippen LogP contribution in [0.1, 0.15) is 16.8 Å². The number of rotatable bonds is 4. The molecule has 25 heavy (non-hydrogen) atoms. The number of imidazole rings is 1. The number of hydrogen-bond acceptors (Lipinski definition) is 5. The van der Waals surface area contributed by atoms with Crippen molar-refractivity contribution in [3.05, 3.63) is 64.4 Å². The lowest BCUT2D eigenvalue weighted by Crippen LogP contribution is -1.84. The van der Waals surface area contributed by atoms with Crippen LogP contribution in [0.2, 0.25) is 5.02 Å². The number of fused-ring (bicyclic) bond motifs is 1. The minimum atomic E-state index is -0.0418. The zero-order valence-electron chi connectivity index (χ0n) is 13.0. The zero-order chi connectivity index (χ0) is 17.2. The average Bonchev–Trinajstić information content (AvgIpc) is 3.18. The maximum absolute atomic E-state index is 10.1. The van der Waals surface area contributed by atoms with Gasteiger partial charge in [-0.1, -0.05) is 53.7 Å². The van der Waals surface area contributed by atoms with Gasteiger partial charge in [-0.2, -0.15) is 4.98 Å². The van der Waals surface area contributed by atoms with E-state index in [2.05, 4.69) is 32.1 Å². The number of aromatic nitrogens is 3. The highest BCUT2D eigenvalue weighted by Gasteiger charge is 2.16. The molecule has 1 aliphatic rings. The van der Waals surface area contributed by atoms with Crippen LogP contribution in [0.4, 0.5) is 5.82 Å². The Balaban J connectivity index is 1.56. The predicted octanol–water partition coefficient (Wildman–Crippen LogP) is 4.71. The van der Waals surface area contributed by atoms with E-state index < -0.39 is 0 Å². The molecule has 0 amide bonds. The van der Waals surface area contributed by atoms with Gasteiger partial charge in [-0.05, 0) is 17.7 Å². The average molecular weight is 369 g/mol. The molecular formula is C18H13ClN4OS. The molecule has 0 atom stereocenters. The lowest BCUT2D eigenvalue weighted by atomic mass is 10.1. The number of aromatic hydroxyl groups is 1. The van der Waals surface area contributed by atoms with E-state index >= 15 is 0 Å². The fourth-order valence-corrected chi connectivity index (χ4v) is 3.46. The van der Waals surface area contributed by atoms with Crippen molar-refractivity contribution in [2.24, 2.45) is 4.99 Å². The summed E-state index contributed by atoms with van der Waals surface area (Å²) in [6.07, 6.45) is 5.06. The van der Waals surface area contributed by atoms with E-state index in [4.69, 9.17) is 11.6 Å². The molecule has 0 unspecified atom stereocenters. The van der Waals surface area contributed by atoms with Crippen LogP contribution in [-0.4, -0.2) is 26.3 Å². The predicted molar refractivity (Wildman–Crippen MR) is 102 cm³/mol. The van der Waals surface area contributed by atoms with E-state index in [0.29, 0.717) is 21.7 Å². The molecule has 0 saturated carbocycles. The molecule has 7 heteroatoms. The first kappa shape index (κ1) is 15.9. The molecule has 0 radical (unpaired) electrons. The number of H-pyrrole nitrogens is 1. The minimum Gasteiger partial charge on any atom is -0.492 e. The monoisotopic (exact) mass is 368 g/mol. The van der Waals surface area contributed by atoms with Crippen LogP contribution in [0.3, 0.4) is 0 Å². The number of allylic oxidation sites excluding steroid dienone is 1. The SMILES string of the molecule is Oc1nc(SCc2ccccc2)[nH]c1C=C1C=Nc2ncc(Cl)cc21. The number of pyridine rings is 1. The van der Waals surface area contributed by atoms with Crippen LogP contribution in [0.5, 0.6) is 5.88 Å². The van der Waals surface area contributed by atoms with Gasteiger partial charge in [0, 0.05) is 29.3 Å². The van der Waals surface area contributed by atoms with Crippen LogP contribution in [-0.2, 0) is 5.75 Å². The standard InChI is InChI=1S/C18H13ClN4OS/c19-13-7-14-12(8-20-16(14)21-9-13)6-15-17(24)23-18(22-15)25-10-11-4-2-1-3-5-11/h1-9,24H,10H2,(H,22,23). The third-order valence-corrected chi connectivity index (χ3v) is 4.83. The van der Waals surface area contributed by atoms with Gasteiger partial charge in [0.2, 0.25) is 5.88 Å². The Morgan fingerprint density at radius 1 is 1.24 bits per heavy atom. The number of aliphatic imine (C=N–C) groups is 1. The Morgan fingerprint density at radius 2 is 2.08 bits per heavy atom.